The summed E-state index contributed by atoms with van der Waals surface area (Å²) in [5, 5.41) is 54.3. The molecular formula is C59H101NO8. The standard InChI is InChI=1S/C59H101NO8/c1-3-5-7-9-11-13-15-17-19-21-23-24-25-26-27-28-29-31-32-34-36-38-40-42-44-46-48-53(62)52(51-67-59-58(66)57(65)56(64)54(50-61)68-59)60-55(63)49-47-45-43-41-39-37-35-33-30-22-20-18-16-14-12-10-8-6-4-2/h6,8,12,14,18,20,30,33,37-40,43,45-46,48,52-54,56-59,61-62,64-66H,3-5,7,9-11,13,15-17,19,21-29,31-32,34-36,41-42,44,47,49-51H2,1-2H3,(H,60,63)/b8-6-,14-12-,20-18-,33-30-,39-37-,40-38+,45-43-,48-46+. The fraction of sp³-hybridized carbons (Fsp3) is 0.712. The summed E-state index contributed by atoms with van der Waals surface area (Å²) in [6.07, 6.45) is 62.0. The molecule has 0 aromatic heterocycles. The van der Waals surface area contributed by atoms with Crippen LogP contribution in [0.3, 0.4) is 0 Å². The summed E-state index contributed by atoms with van der Waals surface area (Å²) < 4.78 is 11.2. The largest absolute Gasteiger partial charge is 0.394 e. The second-order valence-corrected chi connectivity index (χ2v) is 18.6. The van der Waals surface area contributed by atoms with Crippen LogP contribution in [0.4, 0.5) is 0 Å². The Morgan fingerprint density at radius 1 is 0.515 bits per heavy atom. The highest BCUT2D eigenvalue weighted by Crippen LogP contribution is 2.23. The molecule has 7 unspecified atom stereocenters. The Balaban J connectivity index is 2.33. The molecule has 68 heavy (non-hydrogen) atoms. The van der Waals surface area contributed by atoms with Gasteiger partial charge in [0.25, 0.3) is 0 Å². The highest BCUT2D eigenvalue weighted by Gasteiger charge is 2.44. The summed E-state index contributed by atoms with van der Waals surface area (Å²) in [4.78, 5) is 13.0. The van der Waals surface area contributed by atoms with Gasteiger partial charge in [0.2, 0.25) is 5.91 Å². The van der Waals surface area contributed by atoms with Crippen LogP contribution in [0.25, 0.3) is 0 Å². The average molecular weight is 952 g/mol. The molecule has 0 aliphatic carbocycles. The second-order valence-electron chi connectivity index (χ2n) is 18.6. The minimum Gasteiger partial charge on any atom is -0.394 e. The molecule has 9 heteroatoms. The van der Waals surface area contributed by atoms with Crippen LogP contribution in [0.1, 0.15) is 213 Å². The lowest BCUT2D eigenvalue weighted by atomic mass is 9.99. The predicted molar refractivity (Wildman–Crippen MR) is 285 cm³/mol. The van der Waals surface area contributed by atoms with E-state index in [0.29, 0.717) is 6.42 Å². The molecule has 0 bridgehead atoms. The monoisotopic (exact) mass is 952 g/mol. The van der Waals surface area contributed by atoms with Crippen molar-refractivity contribution in [2.75, 3.05) is 13.2 Å². The van der Waals surface area contributed by atoms with E-state index in [1.165, 1.54) is 128 Å². The van der Waals surface area contributed by atoms with Gasteiger partial charge in [-0.1, -0.05) is 233 Å². The van der Waals surface area contributed by atoms with Gasteiger partial charge in [0.1, 0.15) is 24.4 Å². The summed E-state index contributed by atoms with van der Waals surface area (Å²) in [5.74, 6) is -0.271. The van der Waals surface area contributed by atoms with E-state index in [0.717, 1.165) is 57.8 Å². The van der Waals surface area contributed by atoms with Gasteiger partial charge >= 0.3 is 0 Å². The second kappa shape index (κ2) is 47.8. The molecule has 0 spiro atoms. The highest BCUT2D eigenvalue weighted by atomic mass is 16.7. The molecule has 0 aromatic carbocycles. The molecule has 1 heterocycles. The normalized spacial score (nSPS) is 20.4. The first-order valence-electron chi connectivity index (χ1n) is 27.5. The van der Waals surface area contributed by atoms with Crippen LogP contribution in [-0.2, 0) is 14.3 Å². The van der Waals surface area contributed by atoms with Gasteiger partial charge in [0.15, 0.2) is 6.29 Å². The first kappa shape index (κ1) is 63.1. The third-order valence-electron chi connectivity index (χ3n) is 12.4. The van der Waals surface area contributed by atoms with Crippen molar-refractivity contribution in [1.82, 2.24) is 5.32 Å². The van der Waals surface area contributed by atoms with E-state index >= 15 is 0 Å². The first-order valence-corrected chi connectivity index (χ1v) is 27.5. The molecule has 1 amide bonds. The minimum absolute atomic E-state index is 0.208. The lowest BCUT2D eigenvalue weighted by molar-refractivity contribution is -0.302. The van der Waals surface area contributed by atoms with E-state index < -0.39 is 49.5 Å². The fourth-order valence-electron chi connectivity index (χ4n) is 8.08. The van der Waals surface area contributed by atoms with E-state index in [4.69, 9.17) is 9.47 Å². The Morgan fingerprint density at radius 2 is 0.926 bits per heavy atom. The molecule has 0 aromatic rings. The van der Waals surface area contributed by atoms with Gasteiger partial charge in [-0.05, 0) is 70.6 Å². The summed E-state index contributed by atoms with van der Waals surface area (Å²) >= 11 is 0. The van der Waals surface area contributed by atoms with Crippen molar-refractivity contribution in [2.45, 2.75) is 256 Å². The molecule has 9 nitrogen and oxygen atoms in total. The third-order valence-corrected chi connectivity index (χ3v) is 12.4. The average Bonchev–Trinajstić information content (AvgIpc) is 3.34. The summed E-state index contributed by atoms with van der Waals surface area (Å²) in [7, 11) is 0. The lowest BCUT2D eigenvalue weighted by Gasteiger charge is -2.40. The summed E-state index contributed by atoms with van der Waals surface area (Å²) in [6, 6.07) is -0.869. The number of carbonyl (C=O) groups excluding carboxylic acids is 1. The maximum absolute atomic E-state index is 13.0. The predicted octanol–water partition coefficient (Wildman–Crippen LogP) is 13.2. The molecule has 6 N–H and O–H groups in total. The minimum atomic E-state index is -1.59. The van der Waals surface area contributed by atoms with Gasteiger partial charge in [-0.2, -0.15) is 0 Å². The first-order chi connectivity index (χ1) is 33.3. The van der Waals surface area contributed by atoms with Gasteiger partial charge in [-0.15, -0.1) is 0 Å². The summed E-state index contributed by atoms with van der Waals surface area (Å²) in [5.41, 5.74) is 0. The van der Waals surface area contributed by atoms with Gasteiger partial charge < -0.3 is 40.3 Å². The molecule has 1 aliphatic rings. The van der Waals surface area contributed by atoms with E-state index in [-0.39, 0.29) is 18.9 Å². The van der Waals surface area contributed by atoms with Crippen molar-refractivity contribution in [1.29, 1.82) is 0 Å². The van der Waals surface area contributed by atoms with E-state index in [9.17, 15) is 30.3 Å². The third kappa shape index (κ3) is 37.0. The van der Waals surface area contributed by atoms with Gasteiger partial charge in [-0.3, -0.25) is 4.79 Å². The highest BCUT2D eigenvalue weighted by molar-refractivity contribution is 5.76. The Bertz CT molecular complexity index is 1380. The fourth-order valence-corrected chi connectivity index (χ4v) is 8.08. The zero-order valence-corrected chi connectivity index (χ0v) is 43.1. The Labute approximate surface area is 415 Å². The van der Waals surface area contributed by atoms with Crippen LogP contribution in [0, 0.1) is 0 Å². The van der Waals surface area contributed by atoms with E-state index in [1.807, 2.05) is 18.2 Å². The van der Waals surface area contributed by atoms with Crippen LogP contribution in [0.15, 0.2) is 97.2 Å². The Kier molecular flexibility index (Phi) is 44.3. The number of allylic oxidation sites excluding steroid dienone is 15. The van der Waals surface area contributed by atoms with E-state index in [1.54, 1.807) is 6.08 Å². The number of hydrogen-bond acceptors (Lipinski definition) is 8. The molecular weight excluding hydrogens is 851 g/mol. The number of unbranched alkanes of at least 4 members (excludes halogenated alkanes) is 21. The number of aliphatic hydroxyl groups is 5. The topological polar surface area (TPSA) is 149 Å². The van der Waals surface area contributed by atoms with Crippen molar-refractivity contribution >= 4 is 5.91 Å². The Hall–Kier alpha value is -2.89. The van der Waals surface area contributed by atoms with Crippen molar-refractivity contribution < 1.29 is 39.8 Å². The number of aliphatic hydroxyl groups excluding tert-OH is 5. The molecule has 390 valence electrons. The number of hydrogen-bond donors (Lipinski definition) is 6. The molecule has 7 atom stereocenters. The smallest absolute Gasteiger partial charge is 0.220 e. The van der Waals surface area contributed by atoms with Gasteiger partial charge in [0.05, 0.1) is 25.4 Å². The molecule has 1 rings (SSSR count). The zero-order valence-electron chi connectivity index (χ0n) is 43.1. The molecule has 0 radical (unpaired) electrons. The zero-order chi connectivity index (χ0) is 49.4. The lowest BCUT2D eigenvalue weighted by Crippen LogP contribution is -2.60. The van der Waals surface area contributed by atoms with Crippen LogP contribution >= 0.6 is 0 Å². The van der Waals surface area contributed by atoms with Crippen LogP contribution in [-0.4, -0.2) is 87.5 Å². The number of nitrogens with one attached hydrogen (secondary N) is 1. The van der Waals surface area contributed by atoms with E-state index in [2.05, 4.69) is 92.1 Å². The quantitative estimate of drug-likeness (QED) is 0.0261. The van der Waals surface area contributed by atoms with Crippen molar-refractivity contribution in [2.24, 2.45) is 0 Å². The van der Waals surface area contributed by atoms with Gasteiger partial charge in [-0.25, -0.2) is 0 Å². The molecule has 1 aliphatic heterocycles. The van der Waals surface area contributed by atoms with Gasteiger partial charge in [0, 0.05) is 6.42 Å². The van der Waals surface area contributed by atoms with Crippen LogP contribution in [0.2, 0.25) is 0 Å². The SMILES string of the molecule is CC/C=C\C/C=C\C/C=C\C/C=C\C/C=C\C/C=C\CCC(=O)NC(COC1OC(CO)C(O)C(O)C1O)C(O)/C=C/CC/C=C/CCCCCCCCCCCCCCCCCCCCCC. The van der Waals surface area contributed by atoms with Crippen molar-refractivity contribution in [3.8, 4) is 0 Å². The number of rotatable bonds is 45. The molecule has 1 saturated heterocycles. The number of carbonyl (C=O) groups is 1. The molecule has 0 saturated carbocycles. The number of amides is 1. The van der Waals surface area contributed by atoms with Crippen molar-refractivity contribution in [3.05, 3.63) is 97.2 Å². The van der Waals surface area contributed by atoms with Crippen LogP contribution in [0.5, 0.6) is 0 Å². The molecule has 1 fully saturated rings. The maximum Gasteiger partial charge on any atom is 0.220 e. The number of ether oxygens (including phenoxy) is 2. The Morgan fingerprint density at radius 3 is 1.40 bits per heavy atom. The maximum atomic E-state index is 13.0. The van der Waals surface area contributed by atoms with Crippen LogP contribution < -0.4 is 5.32 Å². The van der Waals surface area contributed by atoms with Crippen molar-refractivity contribution in [3.63, 3.8) is 0 Å². The summed E-state index contributed by atoms with van der Waals surface area (Å²) in [6.45, 7) is 3.61.